The summed E-state index contributed by atoms with van der Waals surface area (Å²) in [5.74, 6) is -2.09. The van der Waals surface area contributed by atoms with Crippen molar-refractivity contribution in [3.63, 3.8) is 0 Å². The lowest BCUT2D eigenvalue weighted by atomic mass is 10.1. The van der Waals surface area contributed by atoms with Gasteiger partial charge in [-0.3, -0.25) is 4.79 Å². The lowest BCUT2D eigenvalue weighted by molar-refractivity contribution is 0.0696. The topological polar surface area (TPSA) is 66.4 Å². The van der Waals surface area contributed by atoms with Crippen molar-refractivity contribution in [1.29, 1.82) is 0 Å². The van der Waals surface area contributed by atoms with Gasteiger partial charge in [-0.15, -0.1) is 0 Å². The smallest absolute Gasteiger partial charge is 0.335 e. The summed E-state index contributed by atoms with van der Waals surface area (Å²) in [4.78, 5) is 22.5. The maximum absolute atomic E-state index is 13.4. The summed E-state index contributed by atoms with van der Waals surface area (Å²) in [5, 5.41) is 11.3. The molecule has 4 nitrogen and oxygen atoms in total. The quantitative estimate of drug-likeness (QED) is 0.899. The number of carbonyl (C=O) groups excluding carboxylic acids is 1. The highest BCUT2D eigenvalue weighted by Gasteiger charge is 2.10. The minimum Gasteiger partial charge on any atom is -0.478 e. The highest BCUT2D eigenvalue weighted by molar-refractivity contribution is 5.94. The second kappa shape index (κ2) is 5.97. The van der Waals surface area contributed by atoms with Crippen LogP contribution in [0.15, 0.2) is 48.5 Å². The minimum absolute atomic E-state index is 0.0188. The predicted molar refractivity (Wildman–Crippen MR) is 71.0 cm³/mol. The minimum atomic E-state index is -1.01. The Balaban J connectivity index is 2.00. The van der Waals surface area contributed by atoms with E-state index < -0.39 is 17.7 Å². The Bertz CT molecular complexity index is 638. The lowest BCUT2D eigenvalue weighted by Crippen LogP contribution is -2.23. The first-order chi connectivity index (χ1) is 9.58. The molecule has 0 bridgehead atoms. The summed E-state index contributed by atoms with van der Waals surface area (Å²) in [7, 11) is 0. The van der Waals surface area contributed by atoms with E-state index in [9.17, 15) is 14.0 Å². The van der Waals surface area contributed by atoms with Crippen LogP contribution in [0.2, 0.25) is 0 Å². The summed E-state index contributed by atoms with van der Waals surface area (Å²) in [5.41, 5.74) is 0.892. The number of benzene rings is 2. The van der Waals surface area contributed by atoms with E-state index in [-0.39, 0.29) is 17.7 Å². The Kier molecular flexibility index (Phi) is 4.10. The molecule has 5 heteroatoms. The molecule has 1 amide bonds. The molecule has 0 saturated carbocycles. The van der Waals surface area contributed by atoms with Crippen LogP contribution in [0, 0.1) is 5.82 Å². The summed E-state index contributed by atoms with van der Waals surface area (Å²) >= 11 is 0. The first-order valence-electron chi connectivity index (χ1n) is 5.93. The number of hydrogen-bond acceptors (Lipinski definition) is 2. The van der Waals surface area contributed by atoms with Crippen LogP contribution in [0.3, 0.4) is 0 Å². The van der Waals surface area contributed by atoms with Gasteiger partial charge in [0.25, 0.3) is 5.91 Å². The average molecular weight is 273 g/mol. The van der Waals surface area contributed by atoms with Gasteiger partial charge in [0.1, 0.15) is 5.82 Å². The number of aromatic carboxylic acids is 1. The molecule has 0 radical (unpaired) electrons. The Labute approximate surface area is 114 Å². The van der Waals surface area contributed by atoms with Crippen LogP contribution in [0.5, 0.6) is 0 Å². The molecule has 0 unspecified atom stereocenters. The van der Waals surface area contributed by atoms with Gasteiger partial charge in [-0.25, -0.2) is 9.18 Å². The maximum Gasteiger partial charge on any atom is 0.335 e. The van der Waals surface area contributed by atoms with Crippen molar-refractivity contribution in [2.75, 3.05) is 0 Å². The summed E-state index contributed by atoms with van der Waals surface area (Å²) in [6.45, 7) is 0.201. The van der Waals surface area contributed by atoms with Crippen LogP contribution >= 0.6 is 0 Å². The third-order valence-electron chi connectivity index (χ3n) is 2.77. The second-order valence-electron chi connectivity index (χ2n) is 4.16. The molecule has 102 valence electrons. The Morgan fingerprint density at radius 2 is 1.70 bits per heavy atom. The second-order valence-corrected chi connectivity index (χ2v) is 4.16. The summed E-state index contributed by atoms with van der Waals surface area (Å²) in [6.07, 6.45) is 0. The van der Waals surface area contributed by atoms with Crippen molar-refractivity contribution in [3.05, 3.63) is 71.0 Å². The molecule has 20 heavy (non-hydrogen) atoms. The van der Waals surface area contributed by atoms with Gasteiger partial charge >= 0.3 is 5.97 Å². The number of rotatable bonds is 4. The number of halogens is 1. The molecule has 0 aliphatic rings. The van der Waals surface area contributed by atoms with Gasteiger partial charge in [0.2, 0.25) is 0 Å². The van der Waals surface area contributed by atoms with Crippen molar-refractivity contribution in [2.45, 2.75) is 6.54 Å². The Hall–Kier alpha value is -2.69. The molecule has 2 rings (SSSR count). The van der Waals surface area contributed by atoms with E-state index in [4.69, 9.17) is 5.11 Å². The number of nitrogens with one attached hydrogen (secondary N) is 1. The van der Waals surface area contributed by atoms with Gasteiger partial charge in [-0.2, -0.15) is 0 Å². The normalized spacial score (nSPS) is 10.1. The monoisotopic (exact) mass is 273 g/mol. The van der Waals surface area contributed by atoms with Gasteiger partial charge in [-0.05, 0) is 29.8 Å². The summed E-state index contributed by atoms with van der Waals surface area (Å²) in [6, 6.07) is 11.8. The fourth-order valence-electron chi connectivity index (χ4n) is 1.69. The third kappa shape index (κ3) is 3.20. The van der Waals surface area contributed by atoms with E-state index in [1.807, 2.05) is 0 Å². The highest BCUT2D eigenvalue weighted by Crippen LogP contribution is 2.08. The maximum atomic E-state index is 13.4. The number of carbonyl (C=O) groups is 2. The van der Waals surface area contributed by atoms with E-state index in [0.717, 1.165) is 5.56 Å². The largest absolute Gasteiger partial charge is 0.478 e. The van der Waals surface area contributed by atoms with E-state index in [0.29, 0.717) is 0 Å². The molecule has 0 heterocycles. The van der Waals surface area contributed by atoms with Crippen molar-refractivity contribution < 1.29 is 19.1 Å². The SMILES string of the molecule is O=C(O)c1ccc(CNC(=O)c2ccccc2F)cc1. The first-order valence-corrected chi connectivity index (χ1v) is 5.93. The molecule has 2 aromatic carbocycles. The molecular weight excluding hydrogens is 261 g/mol. The number of hydrogen-bond donors (Lipinski definition) is 2. The Morgan fingerprint density at radius 3 is 2.30 bits per heavy atom. The molecule has 0 spiro atoms. The van der Waals surface area contributed by atoms with Gasteiger partial charge in [-0.1, -0.05) is 24.3 Å². The van der Waals surface area contributed by atoms with Crippen LogP contribution in [0.1, 0.15) is 26.3 Å². The lowest BCUT2D eigenvalue weighted by Gasteiger charge is -2.06. The van der Waals surface area contributed by atoms with Crippen LogP contribution in [-0.2, 0) is 6.54 Å². The predicted octanol–water partition coefficient (Wildman–Crippen LogP) is 2.45. The number of carboxylic acids is 1. The molecule has 0 atom stereocenters. The molecule has 0 aromatic heterocycles. The molecule has 2 N–H and O–H groups in total. The zero-order chi connectivity index (χ0) is 14.5. The average Bonchev–Trinajstić information content (AvgIpc) is 2.45. The van der Waals surface area contributed by atoms with Crippen molar-refractivity contribution >= 4 is 11.9 Å². The van der Waals surface area contributed by atoms with Crippen LogP contribution in [0.4, 0.5) is 4.39 Å². The third-order valence-corrected chi connectivity index (χ3v) is 2.77. The zero-order valence-corrected chi connectivity index (χ0v) is 10.5. The fourth-order valence-corrected chi connectivity index (χ4v) is 1.69. The van der Waals surface area contributed by atoms with Gasteiger partial charge in [0.15, 0.2) is 0 Å². The molecule has 0 fully saturated rings. The summed E-state index contributed by atoms with van der Waals surface area (Å²) < 4.78 is 13.4. The van der Waals surface area contributed by atoms with Gasteiger partial charge in [0.05, 0.1) is 11.1 Å². The van der Waals surface area contributed by atoms with Crippen molar-refractivity contribution in [3.8, 4) is 0 Å². The van der Waals surface area contributed by atoms with Crippen LogP contribution in [0.25, 0.3) is 0 Å². The van der Waals surface area contributed by atoms with E-state index in [1.165, 1.54) is 30.3 Å². The molecule has 0 aliphatic carbocycles. The molecular formula is C15H12FNO3. The van der Waals surface area contributed by atoms with Crippen molar-refractivity contribution in [1.82, 2.24) is 5.32 Å². The van der Waals surface area contributed by atoms with Crippen LogP contribution in [-0.4, -0.2) is 17.0 Å². The van der Waals surface area contributed by atoms with E-state index in [1.54, 1.807) is 18.2 Å². The first kappa shape index (κ1) is 13.7. The van der Waals surface area contributed by atoms with E-state index >= 15 is 0 Å². The van der Waals surface area contributed by atoms with Gasteiger partial charge < -0.3 is 10.4 Å². The van der Waals surface area contributed by atoms with Crippen molar-refractivity contribution in [2.24, 2.45) is 0 Å². The molecule has 0 saturated heterocycles. The standard InChI is InChI=1S/C15H12FNO3/c16-13-4-2-1-3-12(13)14(18)17-9-10-5-7-11(8-6-10)15(19)20/h1-8H,9H2,(H,17,18)(H,19,20). The number of carboxylic acid groups (broad SMARTS) is 1. The zero-order valence-electron chi connectivity index (χ0n) is 10.5. The van der Waals surface area contributed by atoms with Crippen LogP contribution < -0.4 is 5.32 Å². The highest BCUT2D eigenvalue weighted by atomic mass is 19.1. The molecule has 0 aliphatic heterocycles. The van der Waals surface area contributed by atoms with E-state index in [2.05, 4.69) is 5.32 Å². The van der Waals surface area contributed by atoms with Gasteiger partial charge in [0, 0.05) is 6.54 Å². The fraction of sp³-hybridized carbons (Fsp3) is 0.0667. The molecule has 2 aromatic rings. The number of amides is 1. The Morgan fingerprint density at radius 1 is 1.05 bits per heavy atom.